The number of benzene rings is 2. The van der Waals surface area contributed by atoms with Crippen LogP contribution in [0.25, 0.3) is 0 Å². The summed E-state index contributed by atoms with van der Waals surface area (Å²) >= 11 is 0. The smallest absolute Gasteiger partial charge is 0.168 e. The van der Waals surface area contributed by atoms with Crippen molar-refractivity contribution < 1.29 is 13.5 Å². The van der Waals surface area contributed by atoms with E-state index in [4.69, 9.17) is 10.5 Å². The fourth-order valence-corrected chi connectivity index (χ4v) is 1.46. The molecule has 2 aromatic rings. The average Bonchev–Trinajstić information content (AvgIpc) is 2.25. The molecule has 0 aliphatic carbocycles. The Labute approximate surface area is 98.4 Å². The van der Waals surface area contributed by atoms with Crippen LogP contribution in [0.2, 0.25) is 0 Å². The molecule has 0 radical (unpaired) electrons. The van der Waals surface area contributed by atoms with Crippen LogP contribution < -0.4 is 15.9 Å². The van der Waals surface area contributed by atoms with Crippen molar-refractivity contribution in [3.8, 4) is 11.5 Å². The standard InChI is InChI=1S/C12H10BF2NO/c13-9-6-8(16)2-4-11(9)17-12-3-1-7(14)5-10(12)15/h1-6H,13,16H2. The first kappa shape index (κ1) is 11.5. The molecular weight excluding hydrogens is 223 g/mol. The van der Waals surface area contributed by atoms with E-state index in [9.17, 15) is 8.78 Å². The molecule has 0 saturated carbocycles. The maximum Gasteiger partial charge on any atom is 0.168 e. The first-order chi connectivity index (χ1) is 8.06. The topological polar surface area (TPSA) is 35.2 Å². The second-order valence-electron chi connectivity index (χ2n) is 3.70. The minimum Gasteiger partial charge on any atom is -0.455 e. The Morgan fingerprint density at radius 3 is 2.35 bits per heavy atom. The van der Waals surface area contributed by atoms with E-state index in [-0.39, 0.29) is 5.75 Å². The van der Waals surface area contributed by atoms with Crippen molar-refractivity contribution in [1.82, 2.24) is 0 Å². The summed E-state index contributed by atoms with van der Waals surface area (Å²) in [5, 5.41) is 0. The molecule has 2 rings (SSSR count). The molecule has 0 spiro atoms. The van der Waals surface area contributed by atoms with Crippen LogP contribution in [-0.2, 0) is 0 Å². The molecule has 86 valence electrons. The molecule has 0 aromatic heterocycles. The first-order valence-corrected chi connectivity index (χ1v) is 5.05. The van der Waals surface area contributed by atoms with Gasteiger partial charge < -0.3 is 10.5 Å². The van der Waals surface area contributed by atoms with Crippen molar-refractivity contribution in [2.24, 2.45) is 0 Å². The molecule has 2 nitrogen and oxygen atoms in total. The normalized spacial score (nSPS) is 10.2. The van der Waals surface area contributed by atoms with Crippen molar-refractivity contribution in [3.05, 3.63) is 48.0 Å². The molecule has 0 amide bonds. The summed E-state index contributed by atoms with van der Waals surface area (Å²) in [5.74, 6) is -0.894. The van der Waals surface area contributed by atoms with Crippen molar-refractivity contribution in [3.63, 3.8) is 0 Å². The minimum absolute atomic E-state index is 0.0146. The minimum atomic E-state index is -0.735. The molecule has 0 aliphatic heterocycles. The van der Waals surface area contributed by atoms with Crippen molar-refractivity contribution in [1.29, 1.82) is 0 Å². The lowest BCUT2D eigenvalue weighted by molar-refractivity contribution is 0.440. The highest BCUT2D eigenvalue weighted by Crippen LogP contribution is 2.24. The SMILES string of the molecule is Bc1cc(N)ccc1Oc1ccc(F)cc1F. The Hall–Kier alpha value is -2.04. The zero-order valence-electron chi connectivity index (χ0n) is 9.21. The van der Waals surface area contributed by atoms with Crippen LogP contribution in [0.5, 0.6) is 11.5 Å². The maximum atomic E-state index is 13.4. The van der Waals surface area contributed by atoms with Gasteiger partial charge in [0.05, 0.1) is 0 Å². The fourth-order valence-electron chi connectivity index (χ4n) is 1.46. The van der Waals surface area contributed by atoms with Crippen molar-refractivity contribution >= 4 is 19.0 Å². The van der Waals surface area contributed by atoms with Gasteiger partial charge in [0.25, 0.3) is 0 Å². The summed E-state index contributed by atoms with van der Waals surface area (Å²) < 4.78 is 31.4. The predicted octanol–water partition coefficient (Wildman–Crippen LogP) is 1.60. The van der Waals surface area contributed by atoms with Crippen LogP contribution in [0.4, 0.5) is 14.5 Å². The van der Waals surface area contributed by atoms with Gasteiger partial charge in [0.1, 0.15) is 19.4 Å². The third-order valence-corrected chi connectivity index (χ3v) is 2.31. The van der Waals surface area contributed by atoms with Gasteiger partial charge in [-0.15, -0.1) is 0 Å². The molecule has 2 aromatic carbocycles. The van der Waals surface area contributed by atoms with Gasteiger partial charge >= 0.3 is 0 Å². The lowest BCUT2D eigenvalue weighted by Gasteiger charge is -2.10. The zero-order chi connectivity index (χ0) is 12.4. The maximum absolute atomic E-state index is 13.4. The molecule has 0 heterocycles. The Bertz CT molecular complexity index is 511. The van der Waals surface area contributed by atoms with Gasteiger partial charge in [-0.3, -0.25) is 0 Å². The lowest BCUT2D eigenvalue weighted by atomic mass is 9.94. The Morgan fingerprint density at radius 2 is 1.71 bits per heavy atom. The van der Waals surface area contributed by atoms with Crippen LogP contribution in [0.1, 0.15) is 0 Å². The van der Waals surface area contributed by atoms with Gasteiger partial charge in [-0.05, 0) is 35.8 Å². The molecule has 0 atom stereocenters. The highest BCUT2D eigenvalue weighted by molar-refractivity contribution is 6.34. The number of rotatable bonds is 2. The largest absolute Gasteiger partial charge is 0.455 e. The fraction of sp³-hybridized carbons (Fsp3) is 0. The summed E-state index contributed by atoms with van der Waals surface area (Å²) in [6.07, 6.45) is 0. The van der Waals surface area contributed by atoms with Crippen LogP contribution in [0.15, 0.2) is 36.4 Å². The van der Waals surface area contributed by atoms with E-state index in [1.165, 1.54) is 6.07 Å². The average molecular weight is 233 g/mol. The number of anilines is 1. The van der Waals surface area contributed by atoms with Gasteiger partial charge in [0.15, 0.2) is 11.6 Å². The van der Waals surface area contributed by atoms with Crippen LogP contribution >= 0.6 is 0 Å². The molecule has 0 bridgehead atoms. The summed E-state index contributed by atoms with van der Waals surface area (Å²) in [6, 6.07) is 8.20. The Kier molecular flexibility index (Phi) is 3.00. The van der Waals surface area contributed by atoms with E-state index in [0.717, 1.165) is 17.6 Å². The number of nitrogens with two attached hydrogens (primary N) is 1. The Morgan fingerprint density at radius 1 is 1.00 bits per heavy atom. The van der Waals surface area contributed by atoms with E-state index in [2.05, 4.69) is 0 Å². The van der Waals surface area contributed by atoms with E-state index in [1.54, 1.807) is 26.0 Å². The number of hydrogen-bond acceptors (Lipinski definition) is 2. The van der Waals surface area contributed by atoms with Gasteiger partial charge in [0.2, 0.25) is 0 Å². The molecule has 5 heteroatoms. The quantitative estimate of drug-likeness (QED) is 0.631. The second-order valence-corrected chi connectivity index (χ2v) is 3.70. The molecule has 0 aliphatic rings. The van der Waals surface area contributed by atoms with Crippen molar-refractivity contribution in [2.75, 3.05) is 5.73 Å². The van der Waals surface area contributed by atoms with Crippen molar-refractivity contribution in [2.45, 2.75) is 0 Å². The van der Waals surface area contributed by atoms with Gasteiger partial charge in [0, 0.05) is 11.8 Å². The summed E-state index contributed by atoms with van der Waals surface area (Å²) in [5.41, 5.74) is 6.98. The van der Waals surface area contributed by atoms with E-state index in [1.807, 2.05) is 0 Å². The van der Waals surface area contributed by atoms with Gasteiger partial charge in [-0.2, -0.15) is 0 Å². The molecular formula is C12H10BF2NO. The second kappa shape index (κ2) is 4.45. The summed E-state index contributed by atoms with van der Waals surface area (Å²) in [6.45, 7) is 0. The lowest BCUT2D eigenvalue weighted by Crippen LogP contribution is -2.08. The van der Waals surface area contributed by atoms with Crippen LogP contribution in [0, 0.1) is 11.6 Å². The first-order valence-electron chi connectivity index (χ1n) is 5.05. The highest BCUT2D eigenvalue weighted by atomic mass is 19.1. The molecule has 0 fully saturated rings. The van der Waals surface area contributed by atoms with Gasteiger partial charge in [-0.25, -0.2) is 8.78 Å². The molecule has 2 N–H and O–H groups in total. The monoisotopic (exact) mass is 233 g/mol. The molecule has 0 saturated heterocycles. The third kappa shape index (κ3) is 2.56. The highest BCUT2D eigenvalue weighted by Gasteiger charge is 2.07. The number of nitrogen functional groups attached to an aromatic ring is 1. The summed E-state index contributed by atoms with van der Waals surface area (Å²) in [7, 11) is 1.80. The summed E-state index contributed by atoms with van der Waals surface area (Å²) in [4.78, 5) is 0. The Balaban J connectivity index is 2.31. The predicted molar refractivity (Wildman–Crippen MR) is 65.5 cm³/mol. The van der Waals surface area contributed by atoms with E-state index < -0.39 is 11.6 Å². The third-order valence-electron chi connectivity index (χ3n) is 2.31. The molecule has 17 heavy (non-hydrogen) atoms. The van der Waals surface area contributed by atoms with E-state index >= 15 is 0 Å². The number of ether oxygens (including phenoxy) is 1. The number of halogens is 2. The number of hydrogen-bond donors (Lipinski definition) is 1. The van der Waals surface area contributed by atoms with Crippen LogP contribution in [-0.4, -0.2) is 7.85 Å². The van der Waals surface area contributed by atoms with E-state index in [0.29, 0.717) is 11.4 Å². The zero-order valence-corrected chi connectivity index (χ0v) is 9.21. The molecule has 0 unspecified atom stereocenters. The van der Waals surface area contributed by atoms with Crippen LogP contribution in [0.3, 0.4) is 0 Å². The van der Waals surface area contributed by atoms with Gasteiger partial charge in [-0.1, -0.05) is 0 Å².